The maximum absolute atomic E-state index is 9.32. The molecule has 0 saturated carbocycles. The van der Waals surface area contributed by atoms with Crippen molar-refractivity contribution < 1.29 is 9.84 Å². The Morgan fingerprint density at radius 3 is 3.05 bits per heavy atom. The lowest BCUT2D eigenvalue weighted by Crippen LogP contribution is -2.53. The number of anilines is 1. The Balaban J connectivity index is 2.04. The Bertz CT molecular complexity index is 423. The summed E-state index contributed by atoms with van der Waals surface area (Å²) in [5.41, 5.74) is 0.999. The van der Waals surface area contributed by atoms with E-state index in [9.17, 15) is 5.11 Å². The molecule has 2 N–H and O–H groups in total. The predicted molar refractivity (Wildman–Crippen MR) is 75.1 cm³/mol. The normalized spacial score (nSPS) is 23.3. The van der Waals surface area contributed by atoms with Gasteiger partial charge in [-0.1, -0.05) is 0 Å². The Morgan fingerprint density at radius 2 is 2.37 bits per heavy atom. The summed E-state index contributed by atoms with van der Waals surface area (Å²) in [5.74, 6) is 0.878. The number of nitrogens with one attached hydrogen (secondary N) is 1. The van der Waals surface area contributed by atoms with E-state index in [1.54, 1.807) is 0 Å². The maximum Gasteiger partial charge on any atom is 0.125 e. The molecule has 1 aromatic heterocycles. The number of aliphatic hydroxyl groups is 1. The van der Waals surface area contributed by atoms with Crippen LogP contribution in [0.15, 0.2) is 18.3 Å². The Labute approximate surface area is 114 Å². The molecule has 5 heteroatoms. The van der Waals surface area contributed by atoms with Crippen LogP contribution in [0.3, 0.4) is 0 Å². The van der Waals surface area contributed by atoms with E-state index in [0.717, 1.165) is 25.5 Å². The molecule has 1 saturated heterocycles. The number of ether oxygens (including phenoxy) is 1. The summed E-state index contributed by atoms with van der Waals surface area (Å²) in [5, 5.41) is 12.4. The summed E-state index contributed by atoms with van der Waals surface area (Å²) in [7, 11) is 1.87. The van der Waals surface area contributed by atoms with Crippen molar-refractivity contribution in [1.82, 2.24) is 9.88 Å². The predicted octanol–water partition coefficient (Wildman–Crippen LogP) is 1.09. The van der Waals surface area contributed by atoms with Gasteiger partial charge in [0.05, 0.1) is 18.3 Å². The fourth-order valence-corrected chi connectivity index (χ4v) is 2.60. The average molecular weight is 265 g/mol. The molecule has 1 atom stereocenters. The Kier molecular flexibility index (Phi) is 4.39. The van der Waals surface area contributed by atoms with Crippen LogP contribution in [-0.2, 0) is 11.3 Å². The van der Waals surface area contributed by atoms with Crippen molar-refractivity contribution in [2.45, 2.75) is 32.1 Å². The van der Waals surface area contributed by atoms with E-state index >= 15 is 0 Å². The van der Waals surface area contributed by atoms with Crippen LogP contribution in [0, 0.1) is 0 Å². The van der Waals surface area contributed by atoms with Crippen molar-refractivity contribution in [3.05, 3.63) is 23.9 Å². The topological polar surface area (TPSA) is 57.6 Å². The van der Waals surface area contributed by atoms with Gasteiger partial charge in [0.1, 0.15) is 5.82 Å². The number of aromatic nitrogens is 1. The highest BCUT2D eigenvalue weighted by Crippen LogP contribution is 2.22. The first-order valence-corrected chi connectivity index (χ1v) is 6.66. The molecule has 0 aromatic carbocycles. The monoisotopic (exact) mass is 265 g/mol. The molecule has 1 aliphatic rings. The van der Waals surface area contributed by atoms with E-state index in [2.05, 4.69) is 35.1 Å². The number of pyridine rings is 1. The molecule has 1 unspecified atom stereocenters. The molecule has 2 heterocycles. The first-order chi connectivity index (χ1) is 9.02. The standard InChI is InChI=1S/C14H23N3O2/c1-14(2)10-17(8-12(9-18)19-14)7-11-4-5-16-13(6-11)15-3/h4-6,12,18H,7-10H2,1-3H3,(H,15,16). The summed E-state index contributed by atoms with van der Waals surface area (Å²) < 4.78 is 5.82. The third-order valence-corrected chi connectivity index (χ3v) is 3.24. The van der Waals surface area contributed by atoms with Crippen LogP contribution in [0.2, 0.25) is 0 Å². The highest BCUT2D eigenvalue weighted by Gasteiger charge is 2.32. The SMILES string of the molecule is CNc1cc(CN2CC(CO)OC(C)(C)C2)ccn1. The molecule has 0 amide bonds. The number of rotatable bonds is 4. The second kappa shape index (κ2) is 5.86. The minimum Gasteiger partial charge on any atom is -0.394 e. The minimum absolute atomic E-state index is 0.0675. The van der Waals surface area contributed by atoms with Crippen LogP contribution in [0.25, 0.3) is 0 Å². The van der Waals surface area contributed by atoms with E-state index in [1.807, 2.05) is 19.3 Å². The molecule has 1 aliphatic heterocycles. The van der Waals surface area contributed by atoms with Gasteiger partial charge in [0, 0.05) is 32.9 Å². The third kappa shape index (κ3) is 3.89. The van der Waals surface area contributed by atoms with Gasteiger partial charge < -0.3 is 15.2 Å². The molecular formula is C14H23N3O2. The average Bonchev–Trinajstić information content (AvgIpc) is 2.37. The van der Waals surface area contributed by atoms with Gasteiger partial charge in [-0.2, -0.15) is 0 Å². The van der Waals surface area contributed by atoms with Gasteiger partial charge in [0.15, 0.2) is 0 Å². The van der Waals surface area contributed by atoms with Gasteiger partial charge in [-0.25, -0.2) is 4.98 Å². The van der Waals surface area contributed by atoms with E-state index in [0.29, 0.717) is 0 Å². The molecule has 0 spiro atoms. The molecule has 1 aromatic rings. The van der Waals surface area contributed by atoms with Gasteiger partial charge in [0.2, 0.25) is 0 Å². The summed E-state index contributed by atoms with van der Waals surface area (Å²) in [4.78, 5) is 6.53. The van der Waals surface area contributed by atoms with Crippen molar-refractivity contribution in [3.8, 4) is 0 Å². The molecule has 0 aliphatic carbocycles. The fourth-order valence-electron chi connectivity index (χ4n) is 2.60. The lowest BCUT2D eigenvalue weighted by molar-refractivity contribution is -0.150. The lowest BCUT2D eigenvalue weighted by Gasteiger charge is -2.42. The zero-order valence-electron chi connectivity index (χ0n) is 11.9. The smallest absolute Gasteiger partial charge is 0.125 e. The van der Waals surface area contributed by atoms with Crippen molar-refractivity contribution in [3.63, 3.8) is 0 Å². The van der Waals surface area contributed by atoms with Crippen LogP contribution in [0.1, 0.15) is 19.4 Å². The van der Waals surface area contributed by atoms with E-state index < -0.39 is 0 Å². The highest BCUT2D eigenvalue weighted by molar-refractivity contribution is 5.36. The summed E-state index contributed by atoms with van der Waals surface area (Å²) in [6.07, 6.45) is 1.71. The van der Waals surface area contributed by atoms with Gasteiger partial charge in [-0.15, -0.1) is 0 Å². The largest absolute Gasteiger partial charge is 0.394 e. The van der Waals surface area contributed by atoms with E-state index in [4.69, 9.17) is 4.74 Å². The van der Waals surface area contributed by atoms with Crippen molar-refractivity contribution >= 4 is 5.82 Å². The molecule has 106 valence electrons. The van der Waals surface area contributed by atoms with Crippen LogP contribution < -0.4 is 5.32 Å². The fraction of sp³-hybridized carbons (Fsp3) is 0.643. The molecule has 1 fully saturated rings. The van der Waals surface area contributed by atoms with E-state index in [1.165, 1.54) is 5.56 Å². The van der Waals surface area contributed by atoms with Crippen molar-refractivity contribution in [2.75, 3.05) is 32.1 Å². The second-order valence-electron chi connectivity index (χ2n) is 5.65. The molecule has 2 rings (SSSR count). The maximum atomic E-state index is 9.32. The molecule has 5 nitrogen and oxygen atoms in total. The number of aliphatic hydroxyl groups excluding tert-OH is 1. The summed E-state index contributed by atoms with van der Waals surface area (Å²) in [6, 6.07) is 4.08. The van der Waals surface area contributed by atoms with Crippen LogP contribution in [0.5, 0.6) is 0 Å². The van der Waals surface area contributed by atoms with Gasteiger partial charge in [0.25, 0.3) is 0 Å². The molecule has 0 bridgehead atoms. The van der Waals surface area contributed by atoms with Gasteiger partial charge in [-0.05, 0) is 31.5 Å². The Hall–Kier alpha value is -1.17. The Morgan fingerprint density at radius 1 is 1.58 bits per heavy atom. The minimum atomic E-state index is -0.218. The van der Waals surface area contributed by atoms with Crippen LogP contribution in [0.4, 0.5) is 5.82 Å². The highest BCUT2D eigenvalue weighted by atomic mass is 16.5. The van der Waals surface area contributed by atoms with E-state index in [-0.39, 0.29) is 18.3 Å². The quantitative estimate of drug-likeness (QED) is 0.853. The first-order valence-electron chi connectivity index (χ1n) is 6.66. The van der Waals surface area contributed by atoms with Crippen LogP contribution >= 0.6 is 0 Å². The first kappa shape index (κ1) is 14.2. The summed E-state index contributed by atoms with van der Waals surface area (Å²) in [6.45, 7) is 6.66. The van der Waals surface area contributed by atoms with Gasteiger partial charge in [-0.3, -0.25) is 4.90 Å². The van der Waals surface area contributed by atoms with Crippen LogP contribution in [-0.4, -0.2) is 53.4 Å². The number of hydrogen-bond donors (Lipinski definition) is 2. The molecular weight excluding hydrogens is 242 g/mol. The number of morpholine rings is 1. The summed E-state index contributed by atoms with van der Waals surface area (Å²) >= 11 is 0. The van der Waals surface area contributed by atoms with Gasteiger partial charge >= 0.3 is 0 Å². The second-order valence-corrected chi connectivity index (χ2v) is 5.65. The third-order valence-electron chi connectivity index (χ3n) is 3.24. The lowest BCUT2D eigenvalue weighted by atomic mass is 10.0. The zero-order chi connectivity index (χ0) is 13.9. The number of hydrogen-bond acceptors (Lipinski definition) is 5. The molecule has 0 radical (unpaired) electrons. The van der Waals surface area contributed by atoms with Crippen molar-refractivity contribution in [2.24, 2.45) is 0 Å². The zero-order valence-corrected chi connectivity index (χ0v) is 11.9. The number of nitrogens with zero attached hydrogens (tertiary/aromatic N) is 2. The molecule has 19 heavy (non-hydrogen) atoms. The van der Waals surface area contributed by atoms with Crippen molar-refractivity contribution in [1.29, 1.82) is 0 Å².